The minimum atomic E-state index is -4.41. The molecule has 1 amide bonds. The summed E-state index contributed by atoms with van der Waals surface area (Å²) < 4.78 is 37.9. The number of hydrogen-bond acceptors (Lipinski definition) is 2. The fraction of sp³-hybridized carbons (Fsp3) is 0.133. The van der Waals surface area contributed by atoms with Gasteiger partial charge in [0.25, 0.3) is 0 Å². The maximum atomic E-state index is 12.6. The molecule has 0 aliphatic rings. The van der Waals surface area contributed by atoms with Crippen LogP contribution in [-0.4, -0.2) is 11.7 Å². The molecule has 0 radical (unpaired) electrons. The molecule has 0 heterocycles. The average Bonchev–Trinajstić information content (AvgIpc) is 2.48. The third-order valence-corrected chi connectivity index (χ3v) is 4.38. The summed E-state index contributed by atoms with van der Waals surface area (Å²) in [6.45, 7) is 0. The van der Waals surface area contributed by atoms with E-state index in [1.54, 1.807) is 18.2 Å². The fourth-order valence-corrected chi connectivity index (χ4v) is 2.95. The highest BCUT2D eigenvalue weighted by Gasteiger charge is 2.30. The minimum Gasteiger partial charge on any atom is -0.323 e. The highest BCUT2D eigenvalue weighted by atomic mass is 35.5. The van der Waals surface area contributed by atoms with Gasteiger partial charge in [-0.15, -0.1) is 11.8 Å². The highest BCUT2D eigenvalue weighted by molar-refractivity contribution is 8.00. The predicted molar refractivity (Wildman–Crippen MR) is 87.3 cm³/mol. The molecular weight excluding hydrogens is 370 g/mol. The summed E-state index contributed by atoms with van der Waals surface area (Å²) in [7, 11) is 0. The third kappa shape index (κ3) is 5.06. The van der Waals surface area contributed by atoms with E-state index in [2.05, 4.69) is 5.32 Å². The lowest BCUT2D eigenvalue weighted by Crippen LogP contribution is -2.14. The van der Waals surface area contributed by atoms with Crippen molar-refractivity contribution in [3.8, 4) is 0 Å². The lowest BCUT2D eigenvalue weighted by Gasteiger charge is -2.10. The fourth-order valence-electron chi connectivity index (χ4n) is 1.70. The molecule has 0 aliphatic heterocycles. The van der Waals surface area contributed by atoms with Crippen molar-refractivity contribution < 1.29 is 18.0 Å². The SMILES string of the molecule is O=C(CSc1cccc(C(F)(F)F)c1)Nc1c(Cl)cccc1Cl. The molecule has 0 bridgehead atoms. The molecule has 0 unspecified atom stereocenters. The maximum absolute atomic E-state index is 12.6. The van der Waals surface area contributed by atoms with Crippen LogP contribution in [0.3, 0.4) is 0 Å². The van der Waals surface area contributed by atoms with Crippen LogP contribution in [0, 0.1) is 0 Å². The van der Waals surface area contributed by atoms with Gasteiger partial charge in [-0.2, -0.15) is 13.2 Å². The second-order valence-electron chi connectivity index (χ2n) is 4.46. The van der Waals surface area contributed by atoms with Crippen LogP contribution in [0.15, 0.2) is 47.4 Å². The van der Waals surface area contributed by atoms with Crippen LogP contribution in [0.4, 0.5) is 18.9 Å². The van der Waals surface area contributed by atoms with Crippen LogP contribution in [0.2, 0.25) is 10.0 Å². The number of anilines is 1. The summed E-state index contributed by atoms with van der Waals surface area (Å²) in [5, 5.41) is 3.12. The van der Waals surface area contributed by atoms with E-state index >= 15 is 0 Å². The molecule has 0 atom stereocenters. The van der Waals surface area contributed by atoms with E-state index in [4.69, 9.17) is 23.2 Å². The molecular formula is C15H10Cl2F3NOS. The number of carbonyl (C=O) groups excluding carboxylic acids is 1. The monoisotopic (exact) mass is 379 g/mol. The molecule has 2 aromatic carbocycles. The molecule has 0 saturated carbocycles. The van der Waals surface area contributed by atoms with Gasteiger partial charge in [-0.05, 0) is 30.3 Å². The number of amides is 1. The molecule has 1 N–H and O–H groups in total. The average molecular weight is 380 g/mol. The Morgan fingerprint density at radius 1 is 1.09 bits per heavy atom. The Hall–Kier alpha value is -1.37. The van der Waals surface area contributed by atoms with Crippen molar-refractivity contribution in [3.05, 3.63) is 58.1 Å². The van der Waals surface area contributed by atoms with Gasteiger partial charge in [0.2, 0.25) is 5.91 Å². The van der Waals surface area contributed by atoms with Gasteiger partial charge in [0, 0.05) is 4.90 Å². The standard InChI is InChI=1S/C15H10Cl2F3NOS/c16-11-5-2-6-12(17)14(11)21-13(22)8-23-10-4-1-3-9(7-10)15(18,19)20/h1-7H,8H2,(H,21,22). The van der Waals surface area contributed by atoms with Gasteiger partial charge >= 0.3 is 6.18 Å². The second-order valence-corrected chi connectivity index (χ2v) is 6.32. The lowest BCUT2D eigenvalue weighted by molar-refractivity contribution is -0.137. The molecule has 2 aromatic rings. The summed E-state index contributed by atoms with van der Waals surface area (Å²) >= 11 is 12.9. The van der Waals surface area contributed by atoms with Crippen molar-refractivity contribution in [3.63, 3.8) is 0 Å². The number of rotatable bonds is 4. The van der Waals surface area contributed by atoms with E-state index in [1.807, 2.05) is 0 Å². The molecule has 0 saturated heterocycles. The molecule has 122 valence electrons. The van der Waals surface area contributed by atoms with E-state index in [1.165, 1.54) is 12.1 Å². The van der Waals surface area contributed by atoms with Gasteiger partial charge in [-0.1, -0.05) is 35.3 Å². The quantitative estimate of drug-likeness (QED) is 0.685. The molecule has 0 spiro atoms. The first-order valence-corrected chi connectivity index (χ1v) is 8.05. The Morgan fingerprint density at radius 2 is 1.70 bits per heavy atom. The first-order valence-electron chi connectivity index (χ1n) is 6.31. The number of para-hydroxylation sites is 1. The number of hydrogen-bond donors (Lipinski definition) is 1. The molecule has 8 heteroatoms. The molecule has 0 aliphatic carbocycles. The van der Waals surface area contributed by atoms with Gasteiger partial charge in [-0.3, -0.25) is 4.79 Å². The van der Waals surface area contributed by atoms with Gasteiger partial charge < -0.3 is 5.32 Å². The van der Waals surface area contributed by atoms with Crippen LogP contribution in [0.5, 0.6) is 0 Å². The highest BCUT2D eigenvalue weighted by Crippen LogP contribution is 2.32. The summed E-state index contributed by atoms with van der Waals surface area (Å²) in [5.41, 5.74) is -0.470. The van der Waals surface area contributed by atoms with Crippen molar-refractivity contribution in [2.45, 2.75) is 11.1 Å². The smallest absolute Gasteiger partial charge is 0.323 e. The van der Waals surface area contributed by atoms with E-state index in [0.717, 1.165) is 23.9 Å². The predicted octanol–water partition coefficient (Wildman–Crippen LogP) is 5.74. The largest absolute Gasteiger partial charge is 0.416 e. The molecule has 0 fully saturated rings. The minimum absolute atomic E-state index is 0.0666. The normalized spacial score (nSPS) is 11.3. The van der Waals surface area contributed by atoms with Crippen LogP contribution in [0.1, 0.15) is 5.56 Å². The van der Waals surface area contributed by atoms with Gasteiger partial charge in [0.15, 0.2) is 0 Å². The van der Waals surface area contributed by atoms with E-state index in [-0.39, 0.29) is 21.5 Å². The molecule has 23 heavy (non-hydrogen) atoms. The van der Waals surface area contributed by atoms with Crippen molar-refractivity contribution >= 4 is 46.6 Å². The van der Waals surface area contributed by atoms with Crippen molar-refractivity contribution in [1.82, 2.24) is 0 Å². The van der Waals surface area contributed by atoms with Crippen LogP contribution in [-0.2, 0) is 11.0 Å². The van der Waals surface area contributed by atoms with Crippen LogP contribution >= 0.6 is 35.0 Å². The summed E-state index contributed by atoms with van der Waals surface area (Å²) in [4.78, 5) is 12.2. The van der Waals surface area contributed by atoms with E-state index in [0.29, 0.717) is 4.90 Å². The second kappa shape index (κ2) is 7.47. The number of alkyl halides is 3. The molecule has 0 aromatic heterocycles. The van der Waals surface area contributed by atoms with Crippen molar-refractivity contribution in [1.29, 1.82) is 0 Å². The Morgan fingerprint density at radius 3 is 2.30 bits per heavy atom. The number of halogens is 5. The zero-order valence-corrected chi connectivity index (χ0v) is 13.8. The number of carbonyl (C=O) groups is 1. The van der Waals surface area contributed by atoms with Crippen LogP contribution < -0.4 is 5.32 Å². The van der Waals surface area contributed by atoms with Crippen molar-refractivity contribution in [2.24, 2.45) is 0 Å². The Kier molecular flexibility index (Phi) is 5.84. The Labute approximate surface area is 145 Å². The maximum Gasteiger partial charge on any atom is 0.416 e. The summed E-state index contributed by atoms with van der Waals surface area (Å²) in [6.07, 6.45) is -4.41. The lowest BCUT2D eigenvalue weighted by atomic mass is 10.2. The van der Waals surface area contributed by atoms with Gasteiger partial charge in [-0.25, -0.2) is 0 Å². The van der Waals surface area contributed by atoms with Gasteiger partial charge in [0.05, 0.1) is 27.0 Å². The zero-order chi connectivity index (χ0) is 17.0. The third-order valence-electron chi connectivity index (χ3n) is 2.76. The number of benzene rings is 2. The first-order chi connectivity index (χ1) is 10.8. The van der Waals surface area contributed by atoms with E-state index < -0.39 is 17.6 Å². The van der Waals surface area contributed by atoms with E-state index in [9.17, 15) is 18.0 Å². The summed E-state index contributed by atoms with van der Waals surface area (Å²) in [5.74, 6) is -0.481. The van der Waals surface area contributed by atoms with Crippen LogP contribution in [0.25, 0.3) is 0 Å². The molecule has 2 nitrogen and oxygen atoms in total. The zero-order valence-electron chi connectivity index (χ0n) is 11.5. The molecule has 2 rings (SSSR count). The number of nitrogens with one attached hydrogen (secondary N) is 1. The summed E-state index contributed by atoms with van der Waals surface area (Å²) in [6, 6.07) is 9.57. The van der Waals surface area contributed by atoms with Crippen molar-refractivity contribution in [2.75, 3.05) is 11.1 Å². The van der Waals surface area contributed by atoms with Gasteiger partial charge in [0.1, 0.15) is 0 Å². The number of thioether (sulfide) groups is 1. The topological polar surface area (TPSA) is 29.1 Å². The first kappa shape index (κ1) is 18.0. The Bertz CT molecular complexity index is 702. The Balaban J connectivity index is 2.00.